The Bertz CT molecular complexity index is 1050. The van der Waals surface area contributed by atoms with Crippen molar-refractivity contribution in [1.82, 2.24) is 24.8 Å². The van der Waals surface area contributed by atoms with Crippen LogP contribution in [0.15, 0.2) is 30.5 Å². The summed E-state index contributed by atoms with van der Waals surface area (Å²) in [6.45, 7) is 4.23. The van der Waals surface area contributed by atoms with Crippen molar-refractivity contribution in [1.29, 1.82) is 0 Å². The molecule has 0 atom stereocenters. The molecule has 1 fully saturated rings. The quantitative estimate of drug-likeness (QED) is 0.613. The van der Waals surface area contributed by atoms with Crippen molar-refractivity contribution in [2.75, 3.05) is 0 Å². The lowest BCUT2D eigenvalue weighted by molar-refractivity contribution is 0.880. The molecule has 1 saturated carbocycles. The molecule has 0 amide bonds. The molecular formula is C18H17N5. The van der Waals surface area contributed by atoms with Gasteiger partial charge in [-0.15, -0.1) is 0 Å². The fourth-order valence-corrected chi connectivity index (χ4v) is 3.30. The van der Waals surface area contributed by atoms with E-state index in [0.717, 1.165) is 33.6 Å². The van der Waals surface area contributed by atoms with E-state index in [1.165, 1.54) is 24.0 Å². The van der Waals surface area contributed by atoms with E-state index in [0.29, 0.717) is 5.92 Å². The highest BCUT2D eigenvalue weighted by atomic mass is 15.3. The van der Waals surface area contributed by atoms with Gasteiger partial charge in [0.05, 0.1) is 17.4 Å². The molecule has 3 heterocycles. The first-order valence-electron chi connectivity index (χ1n) is 8.01. The van der Waals surface area contributed by atoms with Crippen molar-refractivity contribution in [3.63, 3.8) is 0 Å². The molecule has 0 bridgehead atoms. The van der Waals surface area contributed by atoms with Gasteiger partial charge in [0, 0.05) is 16.9 Å². The topological polar surface area (TPSA) is 58.9 Å². The Morgan fingerprint density at radius 2 is 2.00 bits per heavy atom. The van der Waals surface area contributed by atoms with Crippen LogP contribution in [0.4, 0.5) is 0 Å². The van der Waals surface area contributed by atoms with Gasteiger partial charge >= 0.3 is 0 Å². The maximum atomic E-state index is 4.79. The molecule has 0 saturated heterocycles. The van der Waals surface area contributed by atoms with Gasteiger partial charge in [-0.2, -0.15) is 10.2 Å². The van der Waals surface area contributed by atoms with Crippen LogP contribution >= 0.6 is 0 Å². The molecule has 5 rings (SSSR count). The first kappa shape index (κ1) is 12.8. The average Bonchev–Trinajstić information content (AvgIpc) is 3.11. The molecule has 1 aliphatic rings. The summed E-state index contributed by atoms with van der Waals surface area (Å²) in [6, 6.07) is 8.55. The number of rotatable bonds is 2. The highest BCUT2D eigenvalue weighted by Crippen LogP contribution is 2.39. The maximum absolute atomic E-state index is 4.79. The Morgan fingerprint density at radius 1 is 1.13 bits per heavy atom. The third-order valence-corrected chi connectivity index (χ3v) is 4.68. The van der Waals surface area contributed by atoms with Crippen LogP contribution in [0, 0.1) is 13.8 Å². The van der Waals surface area contributed by atoms with Crippen molar-refractivity contribution in [3.8, 4) is 11.3 Å². The summed E-state index contributed by atoms with van der Waals surface area (Å²) in [5.41, 5.74) is 6.69. The van der Waals surface area contributed by atoms with E-state index >= 15 is 0 Å². The molecule has 1 N–H and O–H groups in total. The van der Waals surface area contributed by atoms with Gasteiger partial charge < -0.3 is 0 Å². The number of pyridine rings is 1. The molecule has 0 spiro atoms. The van der Waals surface area contributed by atoms with Crippen LogP contribution in [0.2, 0.25) is 0 Å². The SMILES string of the molecule is Cc1ccc2nc(C3CC3)nn2c1-c1cc(C)c2[nH]ncc2c1. The van der Waals surface area contributed by atoms with Crippen LogP contribution in [0.3, 0.4) is 0 Å². The summed E-state index contributed by atoms with van der Waals surface area (Å²) in [5, 5.41) is 13.1. The standard InChI is InChI=1S/C18H17N5/c1-10-3-6-15-20-18(12-4-5-12)22-23(15)17(10)13-7-11(2)16-14(8-13)9-19-21-16/h3,6-9,12H,4-5H2,1-2H3,(H,19,21). The lowest BCUT2D eigenvalue weighted by Crippen LogP contribution is -1.98. The maximum Gasteiger partial charge on any atom is 0.156 e. The van der Waals surface area contributed by atoms with E-state index in [1.54, 1.807) is 0 Å². The number of aryl methyl sites for hydroxylation is 2. The van der Waals surface area contributed by atoms with Crippen molar-refractivity contribution in [2.24, 2.45) is 0 Å². The van der Waals surface area contributed by atoms with Crippen molar-refractivity contribution in [3.05, 3.63) is 47.4 Å². The van der Waals surface area contributed by atoms with E-state index in [-0.39, 0.29) is 0 Å². The van der Waals surface area contributed by atoms with Crippen molar-refractivity contribution in [2.45, 2.75) is 32.6 Å². The van der Waals surface area contributed by atoms with E-state index in [9.17, 15) is 0 Å². The third kappa shape index (κ3) is 1.89. The van der Waals surface area contributed by atoms with Gasteiger partial charge in [0.1, 0.15) is 0 Å². The summed E-state index contributed by atoms with van der Waals surface area (Å²) in [6.07, 6.45) is 4.30. The fourth-order valence-electron chi connectivity index (χ4n) is 3.30. The monoisotopic (exact) mass is 303 g/mol. The highest BCUT2D eigenvalue weighted by Gasteiger charge is 2.28. The summed E-state index contributed by atoms with van der Waals surface area (Å²) < 4.78 is 2.00. The largest absolute Gasteiger partial charge is 0.278 e. The number of aromatic amines is 1. The second kappa shape index (κ2) is 4.41. The van der Waals surface area contributed by atoms with Crippen LogP contribution in [0.25, 0.3) is 27.8 Å². The Labute approximate surface area is 133 Å². The number of nitrogens with zero attached hydrogens (tertiary/aromatic N) is 4. The van der Waals surface area contributed by atoms with Gasteiger partial charge in [0.15, 0.2) is 11.5 Å². The molecule has 0 radical (unpaired) electrons. The van der Waals surface area contributed by atoms with Gasteiger partial charge in [-0.05, 0) is 56.0 Å². The zero-order valence-electron chi connectivity index (χ0n) is 13.2. The first-order valence-corrected chi connectivity index (χ1v) is 8.01. The van der Waals surface area contributed by atoms with Crippen LogP contribution < -0.4 is 0 Å². The van der Waals surface area contributed by atoms with E-state index in [2.05, 4.69) is 48.3 Å². The number of fused-ring (bicyclic) bond motifs is 2. The van der Waals surface area contributed by atoms with Gasteiger partial charge in [0.25, 0.3) is 0 Å². The number of aromatic nitrogens is 5. The fraction of sp³-hybridized carbons (Fsp3) is 0.278. The molecule has 5 heteroatoms. The van der Waals surface area contributed by atoms with Crippen molar-refractivity contribution >= 4 is 16.6 Å². The minimum atomic E-state index is 0.557. The predicted octanol–water partition coefficient (Wildman–Crippen LogP) is 3.77. The summed E-state index contributed by atoms with van der Waals surface area (Å²) in [5.74, 6) is 1.54. The summed E-state index contributed by atoms with van der Waals surface area (Å²) >= 11 is 0. The first-order chi connectivity index (χ1) is 11.2. The average molecular weight is 303 g/mol. The molecule has 3 aromatic heterocycles. The Kier molecular flexibility index (Phi) is 2.46. The molecule has 5 nitrogen and oxygen atoms in total. The van der Waals surface area contributed by atoms with E-state index < -0.39 is 0 Å². The number of benzene rings is 1. The van der Waals surface area contributed by atoms with E-state index in [4.69, 9.17) is 10.1 Å². The molecule has 23 heavy (non-hydrogen) atoms. The zero-order valence-corrected chi connectivity index (χ0v) is 13.2. The number of hydrogen-bond donors (Lipinski definition) is 1. The molecule has 0 unspecified atom stereocenters. The molecule has 0 aliphatic heterocycles. The van der Waals surface area contributed by atoms with Crippen LogP contribution in [-0.2, 0) is 0 Å². The lowest BCUT2D eigenvalue weighted by atomic mass is 10.0. The molecule has 4 aromatic rings. The number of nitrogens with one attached hydrogen (secondary N) is 1. The van der Waals surface area contributed by atoms with Gasteiger partial charge in [-0.1, -0.05) is 6.07 Å². The second-order valence-corrected chi connectivity index (χ2v) is 6.51. The van der Waals surface area contributed by atoms with Crippen molar-refractivity contribution < 1.29 is 0 Å². The van der Waals surface area contributed by atoms with E-state index in [1.807, 2.05) is 10.7 Å². The zero-order chi connectivity index (χ0) is 15.6. The Hall–Kier alpha value is -2.69. The minimum Gasteiger partial charge on any atom is -0.278 e. The second-order valence-electron chi connectivity index (χ2n) is 6.51. The Morgan fingerprint density at radius 3 is 2.83 bits per heavy atom. The van der Waals surface area contributed by atoms with Gasteiger partial charge in [-0.3, -0.25) is 5.10 Å². The Balaban J connectivity index is 1.81. The molecule has 114 valence electrons. The van der Waals surface area contributed by atoms with Crippen LogP contribution in [0.5, 0.6) is 0 Å². The van der Waals surface area contributed by atoms with Crippen LogP contribution in [-0.4, -0.2) is 24.8 Å². The third-order valence-electron chi connectivity index (χ3n) is 4.68. The predicted molar refractivity (Wildman–Crippen MR) is 89.5 cm³/mol. The molecule has 1 aromatic carbocycles. The highest BCUT2D eigenvalue weighted by molar-refractivity contribution is 5.87. The summed E-state index contributed by atoms with van der Waals surface area (Å²) in [7, 11) is 0. The number of H-pyrrole nitrogens is 1. The smallest absolute Gasteiger partial charge is 0.156 e. The minimum absolute atomic E-state index is 0.557. The van der Waals surface area contributed by atoms with Gasteiger partial charge in [0.2, 0.25) is 0 Å². The molecular weight excluding hydrogens is 286 g/mol. The van der Waals surface area contributed by atoms with Gasteiger partial charge in [-0.25, -0.2) is 9.50 Å². The van der Waals surface area contributed by atoms with Crippen LogP contribution in [0.1, 0.15) is 35.7 Å². The molecule has 1 aliphatic carbocycles. The number of hydrogen-bond acceptors (Lipinski definition) is 3. The normalized spacial score (nSPS) is 14.9. The summed E-state index contributed by atoms with van der Waals surface area (Å²) in [4.78, 5) is 4.71. The lowest BCUT2D eigenvalue weighted by Gasteiger charge is -2.09.